The highest BCUT2D eigenvalue weighted by Gasteiger charge is 2.38. The van der Waals surface area contributed by atoms with Gasteiger partial charge in [-0.15, -0.1) is 0 Å². The number of phenols is 1. The minimum atomic E-state index is -4.33. The zero-order valence-electron chi connectivity index (χ0n) is 34.2. The van der Waals surface area contributed by atoms with Crippen molar-refractivity contribution in [3.63, 3.8) is 0 Å². The molecule has 4 aromatic carbocycles. The summed E-state index contributed by atoms with van der Waals surface area (Å²) in [7, 11) is -2.87. The predicted molar refractivity (Wildman–Crippen MR) is 222 cm³/mol. The van der Waals surface area contributed by atoms with Gasteiger partial charge in [-0.3, -0.25) is 4.90 Å². The number of urea groups is 1. The second-order valence-corrected chi connectivity index (χ2v) is 17.0. The number of methoxy groups -OCH3 is 1. The molecule has 0 aromatic heterocycles. The molecule has 59 heavy (non-hydrogen) atoms. The molecule has 0 spiro atoms. The van der Waals surface area contributed by atoms with E-state index in [1.54, 1.807) is 26.0 Å². The molecule has 2 aliphatic rings. The molecule has 0 unspecified atom stereocenters. The van der Waals surface area contributed by atoms with Crippen molar-refractivity contribution in [2.75, 3.05) is 26.9 Å². The SMILES string of the molecule is C=CCOC(=O)[C@H](CCCNC(=O)NS(=O)(=O)c1c(C)c(C)c2c(c1C)OC(C)(C)C2)N(Cc1ccc(OC)cc1O)C(=O)OCC1c2ccccc2-c2ccccc21. The zero-order chi connectivity index (χ0) is 42.6. The van der Waals surface area contributed by atoms with E-state index < -0.39 is 39.8 Å². The monoisotopic (exact) mass is 825 g/mol. The van der Waals surface area contributed by atoms with Gasteiger partial charge in [-0.2, -0.15) is 0 Å². The summed E-state index contributed by atoms with van der Waals surface area (Å²) in [6, 6.07) is 18.2. The molecule has 13 nitrogen and oxygen atoms in total. The number of amides is 3. The number of hydrogen-bond acceptors (Lipinski definition) is 10. The fourth-order valence-electron chi connectivity index (χ4n) is 7.98. The Kier molecular flexibility index (Phi) is 12.6. The van der Waals surface area contributed by atoms with E-state index in [0.29, 0.717) is 34.6 Å². The van der Waals surface area contributed by atoms with Crippen molar-refractivity contribution < 1.29 is 46.9 Å². The van der Waals surface area contributed by atoms with E-state index in [4.69, 9.17) is 18.9 Å². The van der Waals surface area contributed by atoms with Crippen molar-refractivity contribution in [3.05, 3.63) is 118 Å². The summed E-state index contributed by atoms with van der Waals surface area (Å²) < 4.78 is 52.2. The molecule has 0 bridgehead atoms. The van der Waals surface area contributed by atoms with Gasteiger partial charge in [-0.25, -0.2) is 27.5 Å². The van der Waals surface area contributed by atoms with E-state index in [1.807, 2.05) is 69.3 Å². The highest BCUT2D eigenvalue weighted by atomic mass is 32.2. The number of phenolic OH excluding ortho intramolecular Hbond substituents is 1. The third kappa shape index (κ3) is 9.02. The van der Waals surface area contributed by atoms with Gasteiger partial charge < -0.3 is 29.4 Å². The summed E-state index contributed by atoms with van der Waals surface area (Å²) in [4.78, 5) is 42.2. The van der Waals surface area contributed by atoms with E-state index in [1.165, 1.54) is 24.2 Å². The molecule has 1 atom stereocenters. The fourth-order valence-corrected chi connectivity index (χ4v) is 9.45. The van der Waals surface area contributed by atoms with Crippen LogP contribution < -0.4 is 19.5 Å². The van der Waals surface area contributed by atoms with Gasteiger partial charge in [0.2, 0.25) is 0 Å². The number of rotatable bonds is 15. The third-order valence-electron chi connectivity index (χ3n) is 10.9. The average molecular weight is 826 g/mol. The van der Waals surface area contributed by atoms with Gasteiger partial charge in [0.15, 0.2) is 0 Å². The second-order valence-electron chi connectivity index (χ2n) is 15.4. The Morgan fingerprint density at radius 3 is 2.27 bits per heavy atom. The van der Waals surface area contributed by atoms with Crippen molar-refractivity contribution in [2.45, 2.75) is 82.9 Å². The van der Waals surface area contributed by atoms with Crippen LogP contribution in [0.1, 0.15) is 71.6 Å². The highest BCUT2D eigenvalue weighted by molar-refractivity contribution is 7.90. The molecular weight excluding hydrogens is 775 g/mol. The van der Waals surface area contributed by atoms with Crippen molar-refractivity contribution in [2.24, 2.45) is 0 Å². The Morgan fingerprint density at radius 2 is 1.64 bits per heavy atom. The Labute approximate surface area is 345 Å². The van der Waals surface area contributed by atoms with Crippen LogP contribution in [0.25, 0.3) is 11.1 Å². The van der Waals surface area contributed by atoms with Gasteiger partial charge in [0.05, 0.1) is 18.6 Å². The minimum absolute atomic E-state index is 0.0212. The summed E-state index contributed by atoms with van der Waals surface area (Å²) in [6.07, 6.45) is 1.28. The van der Waals surface area contributed by atoms with Crippen LogP contribution in [-0.4, -0.2) is 75.0 Å². The number of ether oxygens (including phenoxy) is 4. The van der Waals surface area contributed by atoms with Gasteiger partial charge >= 0.3 is 18.1 Å². The number of nitrogens with one attached hydrogen (secondary N) is 2. The molecule has 3 N–H and O–H groups in total. The standard InChI is InChI=1S/C45H51N3O10S/c1-8-22-56-42(50)38(18-13-21-46-43(51)47-59(53,54)41-28(3)27(2)36-24-45(5,6)58-40(36)29(41)4)48(25-30-19-20-31(55-7)23-39(30)49)44(52)57-26-37-34-16-11-9-14-32(34)33-15-10-12-17-35(33)37/h8-12,14-17,19-20,23,37-38,49H,1,13,18,21-22,24-26H2,2-7H3,(H2,46,47,51)/t38-/m0/s1. The van der Waals surface area contributed by atoms with Crippen LogP contribution in [0.15, 0.2) is 84.3 Å². The van der Waals surface area contributed by atoms with E-state index >= 15 is 0 Å². The maximum absolute atomic E-state index is 14.2. The average Bonchev–Trinajstić information content (AvgIpc) is 3.71. The van der Waals surface area contributed by atoms with Crippen LogP contribution in [0.3, 0.4) is 0 Å². The zero-order valence-corrected chi connectivity index (χ0v) is 35.0. The van der Waals surface area contributed by atoms with E-state index in [-0.39, 0.29) is 55.7 Å². The lowest BCUT2D eigenvalue weighted by molar-refractivity contribution is -0.148. The van der Waals surface area contributed by atoms with Gasteiger partial charge in [0.25, 0.3) is 10.0 Å². The van der Waals surface area contributed by atoms with Crippen LogP contribution in [-0.2, 0) is 37.3 Å². The molecule has 14 heteroatoms. The number of benzene rings is 4. The number of aromatic hydroxyl groups is 1. The molecule has 4 aromatic rings. The van der Waals surface area contributed by atoms with Crippen molar-refractivity contribution in [3.8, 4) is 28.4 Å². The molecule has 3 amide bonds. The number of esters is 1. The van der Waals surface area contributed by atoms with Gasteiger partial charge in [0, 0.05) is 41.6 Å². The van der Waals surface area contributed by atoms with Crippen LogP contribution in [0, 0.1) is 20.8 Å². The number of fused-ring (bicyclic) bond motifs is 4. The van der Waals surface area contributed by atoms with E-state index in [2.05, 4.69) is 16.6 Å². The summed E-state index contributed by atoms with van der Waals surface area (Å²) in [6.45, 7) is 12.2. The lowest BCUT2D eigenvalue weighted by Crippen LogP contribution is -2.46. The van der Waals surface area contributed by atoms with Gasteiger partial charge in [-0.1, -0.05) is 61.2 Å². The lowest BCUT2D eigenvalue weighted by Gasteiger charge is -2.30. The van der Waals surface area contributed by atoms with Crippen LogP contribution in [0.4, 0.5) is 9.59 Å². The van der Waals surface area contributed by atoms with Crippen LogP contribution in [0.2, 0.25) is 0 Å². The molecular formula is C45H51N3O10S. The maximum atomic E-state index is 14.2. The second kappa shape index (κ2) is 17.5. The topological polar surface area (TPSA) is 170 Å². The quantitative estimate of drug-likeness (QED) is 0.0626. The largest absolute Gasteiger partial charge is 0.507 e. The summed E-state index contributed by atoms with van der Waals surface area (Å²) in [5.41, 5.74) is 6.60. The Morgan fingerprint density at radius 1 is 0.983 bits per heavy atom. The number of sulfonamides is 1. The first kappa shape index (κ1) is 42.6. The smallest absolute Gasteiger partial charge is 0.410 e. The number of carbonyl (C=O) groups excluding carboxylic acids is 3. The Hall–Kier alpha value is -6.02. The number of nitrogens with zero attached hydrogens (tertiary/aromatic N) is 1. The van der Waals surface area contributed by atoms with Crippen molar-refractivity contribution in [1.29, 1.82) is 0 Å². The summed E-state index contributed by atoms with van der Waals surface area (Å²) in [5.74, 6) is -0.293. The number of hydrogen-bond donors (Lipinski definition) is 3. The first-order chi connectivity index (χ1) is 28.1. The van der Waals surface area contributed by atoms with Crippen molar-refractivity contribution >= 4 is 28.1 Å². The maximum Gasteiger partial charge on any atom is 0.410 e. The van der Waals surface area contributed by atoms with E-state index in [9.17, 15) is 27.9 Å². The molecule has 1 aliphatic heterocycles. The molecule has 0 radical (unpaired) electrons. The van der Waals surface area contributed by atoms with Gasteiger partial charge in [0.1, 0.15) is 42.1 Å². The minimum Gasteiger partial charge on any atom is -0.507 e. The van der Waals surface area contributed by atoms with Crippen LogP contribution >= 0.6 is 0 Å². The molecule has 0 saturated heterocycles. The first-order valence-electron chi connectivity index (χ1n) is 19.4. The molecule has 0 fully saturated rings. The molecule has 1 heterocycles. The summed E-state index contributed by atoms with van der Waals surface area (Å²) >= 11 is 0. The normalized spacial score (nSPS) is 14.2. The van der Waals surface area contributed by atoms with Crippen LogP contribution in [0.5, 0.6) is 17.2 Å². The molecule has 1 aliphatic carbocycles. The molecule has 6 rings (SSSR count). The highest BCUT2D eigenvalue weighted by Crippen LogP contribution is 2.45. The van der Waals surface area contributed by atoms with Crippen molar-refractivity contribution in [1.82, 2.24) is 14.9 Å². The first-order valence-corrected chi connectivity index (χ1v) is 20.9. The van der Waals surface area contributed by atoms with E-state index in [0.717, 1.165) is 33.4 Å². The van der Waals surface area contributed by atoms with Gasteiger partial charge in [-0.05, 0) is 93.0 Å². The molecule has 312 valence electrons. The Bertz CT molecular complexity index is 2350. The molecule has 0 saturated carbocycles. The predicted octanol–water partition coefficient (Wildman–Crippen LogP) is 7.36. The number of carbonyl (C=O) groups is 3. The summed E-state index contributed by atoms with van der Waals surface area (Å²) in [5, 5.41) is 13.5. The lowest BCUT2D eigenvalue weighted by atomic mass is 9.93. The third-order valence-corrected chi connectivity index (χ3v) is 12.5. The Balaban J connectivity index is 1.19. The fraction of sp³-hybridized carbons (Fsp3) is 0.356.